The van der Waals surface area contributed by atoms with Crippen LogP contribution in [0.25, 0.3) is 0 Å². The van der Waals surface area contributed by atoms with E-state index in [1.165, 1.54) is 24.8 Å². The molecule has 0 radical (unpaired) electrons. The standard InChI is InChI=1S/C16H24/c1-12-5-6-14(11-12)13-7-9-15(10-8-13)16(2,3)4/h7-10,12,14H,5-6,11H2,1-4H3/t12-,14+/m1/s1. The van der Waals surface area contributed by atoms with Gasteiger partial charge in [-0.05, 0) is 41.2 Å². The highest BCUT2D eigenvalue weighted by Crippen LogP contribution is 2.38. The van der Waals surface area contributed by atoms with E-state index in [0.29, 0.717) is 0 Å². The highest BCUT2D eigenvalue weighted by atomic mass is 14.3. The minimum absolute atomic E-state index is 0.279. The summed E-state index contributed by atoms with van der Waals surface area (Å²) in [6.07, 6.45) is 4.18. The lowest BCUT2D eigenvalue weighted by Crippen LogP contribution is -2.10. The van der Waals surface area contributed by atoms with Crippen LogP contribution in [0.4, 0.5) is 0 Å². The van der Waals surface area contributed by atoms with Crippen molar-refractivity contribution in [3.8, 4) is 0 Å². The van der Waals surface area contributed by atoms with Gasteiger partial charge in [-0.3, -0.25) is 0 Å². The van der Waals surface area contributed by atoms with Crippen molar-refractivity contribution in [3.63, 3.8) is 0 Å². The van der Waals surface area contributed by atoms with E-state index >= 15 is 0 Å². The topological polar surface area (TPSA) is 0 Å². The Labute approximate surface area is 100 Å². The fraction of sp³-hybridized carbons (Fsp3) is 0.625. The molecule has 0 aromatic heterocycles. The maximum Gasteiger partial charge on any atom is -0.0132 e. The van der Waals surface area contributed by atoms with Gasteiger partial charge < -0.3 is 0 Å². The molecule has 1 aromatic rings. The van der Waals surface area contributed by atoms with Gasteiger partial charge in [-0.15, -0.1) is 0 Å². The van der Waals surface area contributed by atoms with E-state index in [1.807, 2.05) is 0 Å². The van der Waals surface area contributed by atoms with Crippen LogP contribution in [0.3, 0.4) is 0 Å². The highest BCUT2D eigenvalue weighted by Gasteiger charge is 2.23. The molecule has 16 heavy (non-hydrogen) atoms. The minimum Gasteiger partial charge on any atom is -0.0625 e. The Balaban J connectivity index is 2.14. The SMILES string of the molecule is C[C@@H]1CC[C@H](c2ccc(C(C)(C)C)cc2)C1. The Bertz CT molecular complexity index is 339. The molecule has 0 heterocycles. The molecule has 0 nitrogen and oxygen atoms in total. The molecule has 0 aliphatic heterocycles. The summed E-state index contributed by atoms with van der Waals surface area (Å²) in [6, 6.07) is 9.34. The predicted octanol–water partition coefficient (Wildman–Crippen LogP) is 4.89. The van der Waals surface area contributed by atoms with Crippen LogP contribution in [-0.2, 0) is 5.41 Å². The average molecular weight is 216 g/mol. The quantitative estimate of drug-likeness (QED) is 0.627. The van der Waals surface area contributed by atoms with Crippen molar-refractivity contribution in [1.29, 1.82) is 0 Å². The van der Waals surface area contributed by atoms with Crippen molar-refractivity contribution in [2.45, 2.75) is 58.3 Å². The molecule has 0 saturated heterocycles. The van der Waals surface area contributed by atoms with Gasteiger partial charge in [-0.2, -0.15) is 0 Å². The van der Waals surface area contributed by atoms with Gasteiger partial charge in [0.05, 0.1) is 0 Å². The Morgan fingerprint density at radius 1 is 1.00 bits per heavy atom. The van der Waals surface area contributed by atoms with Crippen LogP contribution in [-0.4, -0.2) is 0 Å². The zero-order chi connectivity index (χ0) is 11.8. The zero-order valence-electron chi connectivity index (χ0n) is 11.1. The first-order valence-electron chi connectivity index (χ1n) is 6.57. The van der Waals surface area contributed by atoms with E-state index < -0.39 is 0 Å². The van der Waals surface area contributed by atoms with Crippen molar-refractivity contribution in [1.82, 2.24) is 0 Å². The summed E-state index contributed by atoms with van der Waals surface area (Å²) in [4.78, 5) is 0. The van der Waals surface area contributed by atoms with Gasteiger partial charge in [0, 0.05) is 0 Å². The van der Waals surface area contributed by atoms with Gasteiger partial charge >= 0.3 is 0 Å². The molecule has 2 atom stereocenters. The number of rotatable bonds is 1. The molecule has 0 amide bonds. The van der Waals surface area contributed by atoms with Gasteiger partial charge in [-0.25, -0.2) is 0 Å². The predicted molar refractivity (Wildman–Crippen MR) is 70.9 cm³/mol. The number of benzene rings is 1. The van der Waals surface area contributed by atoms with Crippen molar-refractivity contribution in [3.05, 3.63) is 35.4 Å². The number of hydrogen-bond acceptors (Lipinski definition) is 0. The van der Waals surface area contributed by atoms with E-state index in [2.05, 4.69) is 52.0 Å². The van der Waals surface area contributed by atoms with Crippen LogP contribution >= 0.6 is 0 Å². The first-order chi connectivity index (χ1) is 7.47. The van der Waals surface area contributed by atoms with E-state index in [4.69, 9.17) is 0 Å². The van der Waals surface area contributed by atoms with Gasteiger partial charge in [0.1, 0.15) is 0 Å². The van der Waals surface area contributed by atoms with Crippen LogP contribution in [0.15, 0.2) is 24.3 Å². The van der Waals surface area contributed by atoms with E-state index in [0.717, 1.165) is 11.8 Å². The van der Waals surface area contributed by atoms with Crippen molar-refractivity contribution in [2.75, 3.05) is 0 Å². The van der Waals surface area contributed by atoms with Crippen LogP contribution in [0, 0.1) is 5.92 Å². The third kappa shape index (κ3) is 2.48. The van der Waals surface area contributed by atoms with Crippen LogP contribution in [0.5, 0.6) is 0 Å². The fourth-order valence-corrected chi connectivity index (χ4v) is 2.77. The second-order valence-electron chi connectivity index (χ2n) is 6.49. The monoisotopic (exact) mass is 216 g/mol. The summed E-state index contributed by atoms with van der Waals surface area (Å²) < 4.78 is 0. The van der Waals surface area contributed by atoms with Crippen LogP contribution in [0.2, 0.25) is 0 Å². The third-order valence-electron chi connectivity index (χ3n) is 3.94. The summed E-state index contributed by atoms with van der Waals surface area (Å²) in [5.74, 6) is 1.75. The van der Waals surface area contributed by atoms with Crippen LogP contribution < -0.4 is 0 Å². The van der Waals surface area contributed by atoms with Crippen molar-refractivity contribution < 1.29 is 0 Å². The Hall–Kier alpha value is -0.780. The number of hydrogen-bond donors (Lipinski definition) is 0. The molecule has 1 aromatic carbocycles. The Kier molecular flexibility index (Phi) is 3.10. The maximum atomic E-state index is 2.38. The minimum atomic E-state index is 0.279. The second-order valence-corrected chi connectivity index (χ2v) is 6.49. The molecule has 0 unspecified atom stereocenters. The van der Waals surface area contributed by atoms with Gasteiger partial charge in [0.2, 0.25) is 0 Å². The van der Waals surface area contributed by atoms with Gasteiger partial charge in [0.15, 0.2) is 0 Å². The molecule has 1 saturated carbocycles. The van der Waals surface area contributed by atoms with Crippen LogP contribution in [0.1, 0.15) is 64.0 Å². The maximum absolute atomic E-state index is 2.38. The summed E-state index contributed by atoms with van der Waals surface area (Å²) in [7, 11) is 0. The van der Waals surface area contributed by atoms with E-state index in [-0.39, 0.29) is 5.41 Å². The van der Waals surface area contributed by atoms with E-state index in [1.54, 1.807) is 5.56 Å². The first kappa shape index (κ1) is 11.7. The largest absolute Gasteiger partial charge is 0.0625 e. The molecule has 0 N–H and O–H groups in total. The lowest BCUT2D eigenvalue weighted by Gasteiger charge is -2.20. The molecule has 2 rings (SSSR count). The smallest absolute Gasteiger partial charge is 0.0132 e. The van der Waals surface area contributed by atoms with E-state index in [9.17, 15) is 0 Å². The summed E-state index contributed by atoms with van der Waals surface area (Å²) in [5.41, 5.74) is 3.28. The molecule has 1 aliphatic rings. The zero-order valence-corrected chi connectivity index (χ0v) is 11.1. The third-order valence-corrected chi connectivity index (χ3v) is 3.94. The average Bonchev–Trinajstić information content (AvgIpc) is 2.64. The molecule has 0 bridgehead atoms. The molecular weight excluding hydrogens is 192 g/mol. The molecular formula is C16H24. The lowest BCUT2D eigenvalue weighted by atomic mass is 9.85. The summed E-state index contributed by atoms with van der Waals surface area (Å²) in [6.45, 7) is 9.21. The normalized spacial score (nSPS) is 26.0. The Morgan fingerprint density at radius 2 is 1.62 bits per heavy atom. The first-order valence-corrected chi connectivity index (χ1v) is 6.57. The summed E-state index contributed by atoms with van der Waals surface area (Å²) >= 11 is 0. The molecule has 1 fully saturated rings. The van der Waals surface area contributed by atoms with Gasteiger partial charge in [0.25, 0.3) is 0 Å². The lowest BCUT2D eigenvalue weighted by molar-refractivity contribution is 0.586. The fourth-order valence-electron chi connectivity index (χ4n) is 2.77. The Morgan fingerprint density at radius 3 is 2.06 bits per heavy atom. The highest BCUT2D eigenvalue weighted by molar-refractivity contribution is 5.29. The molecule has 0 heteroatoms. The van der Waals surface area contributed by atoms with Crippen molar-refractivity contribution >= 4 is 0 Å². The van der Waals surface area contributed by atoms with Crippen molar-refractivity contribution in [2.24, 2.45) is 5.92 Å². The molecule has 88 valence electrons. The second kappa shape index (κ2) is 4.24. The van der Waals surface area contributed by atoms with Gasteiger partial charge in [-0.1, -0.05) is 58.4 Å². The molecule has 0 spiro atoms. The molecule has 1 aliphatic carbocycles. The summed E-state index contributed by atoms with van der Waals surface area (Å²) in [5, 5.41) is 0.